The van der Waals surface area contributed by atoms with E-state index in [0.29, 0.717) is 19.5 Å². The van der Waals surface area contributed by atoms with E-state index < -0.39 is 0 Å². The summed E-state index contributed by atoms with van der Waals surface area (Å²) in [6, 6.07) is 0.138. The van der Waals surface area contributed by atoms with Gasteiger partial charge in [-0.05, 0) is 26.8 Å². The molecule has 0 aromatic heterocycles. The molecule has 0 aliphatic heterocycles. The molecule has 0 radical (unpaired) electrons. The molecule has 0 aromatic carbocycles. The monoisotopic (exact) mass is 267 g/mol. The van der Waals surface area contributed by atoms with Crippen molar-refractivity contribution in [3.63, 3.8) is 0 Å². The Hall–Kier alpha value is -1.13. The summed E-state index contributed by atoms with van der Waals surface area (Å²) in [5.74, 6) is 0.141. The average Bonchev–Trinajstić information content (AvgIpc) is 2.35. The smallest absolute Gasteiger partial charge is 0.238 e. The van der Waals surface area contributed by atoms with Crippen molar-refractivity contribution in [2.24, 2.45) is 0 Å². The zero-order valence-corrected chi connectivity index (χ0v) is 12.7. The summed E-state index contributed by atoms with van der Waals surface area (Å²) in [5, 5.41) is 7.05. The van der Waals surface area contributed by atoms with E-state index in [1.54, 1.807) is 0 Å². The first-order valence-corrected chi connectivity index (χ1v) is 7.07. The van der Waals surface area contributed by atoms with Gasteiger partial charge in [-0.15, -0.1) is 13.2 Å². The van der Waals surface area contributed by atoms with Gasteiger partial charge in [0.05, 0.1) is 0 Å². The maximum absolute atomic E-state index is 12.3. The van der Waals surface area contributed by atoms with Crippen molar-refractivity contribution in [3.8, 4) is 0 Å². The van der Waals surface area contributed by atoms with Crippen molar-refractivity contribution in [1.29, 1.82) is 0 Å². The van der Waals surface area contributed by atoms with Gasteiger partial charge in [0.25, 0.3) is 0 Å². The van der Waals surface area contributed by atoms with Gasteiger partial charge in [0, 0.05) is 32.1 Å². The number of hydrogen-bond acceptors (Lipinski definition) is 3. The van der Waals surface area contributed by atoms with Crippen LogP contribution in [0.25, 0.3) is 0 Å². The van der Waals surface area contributed by atoms with E-state index in [4.69, 9.17) is 0 Å². The molecule has 0 spiro atoms. The molecule has 0 bridgehead atoms. The van der Waals surface area contributed by atoms with E-state index in [-0.39, 0.29) is 11.9 Å². The topological polar surface area (TPSA) is 35.6 Å². The van der Waals surface area contributed by atoms with Gasteiger partial charge >= 0.3 is 0 Å². The van der Waals surface area contributed by atoms with Crippen LogP contribution in [0.5, 0.6) is 0 Å². The molecule has 1 N–H and O–H groups in total. The number of hydrazine groups is 1. The van der Waals surface area contributed by atoms with Crippen LogP contribution < -0.4 is 5.32 Å². The van der Waals surface area contributed by atoms with E-state index in [1.165, 1.54) is 0 Å². The maximum Gasteiger partial charge on any atom is 0.238 e. The number of carbonyl (C=O) groups is 1. The molecule has 0 saturated carbocycles. The van der Waals surface area contributed by atoms with Crippen molar-refractivity contribution >= 4 is 5.91 Å². The largest absolute Gasteiger partial charge is 0.316 e. The van der Waals surface area contributed by atoms with Crippen LogP contribution in [0.1, 0.15) is 33.6 Å². The molecule has 0 fully saturated rings. The van der Waals surface area contributed by atoms with Crippen LogP contribution in [0.15, 0.2) is 25.3 Å². The molecule has 4 nitrogen and oxygen atoms in total. The second-order valence-electron chi connectivity index (χ2n) is 4.78. The van der Waals surface area contributed by atoms with Gasteiger partial charge in [0.2, 0.25) is 5.91 Å². The van der Waals surface area contributed by atoms with Gasteiger partial charge < -0.3 is 5.32 Å². The van der Waals surface area contributed by atoms with Crippen LogP contribution in [0, 0.1) is 0 Å². The molecule has 4 heteroatoms. The Morgan fingerprint density at radius 2 is 1.79 bits per heavy atom. The van der Waals surface area contributed by atoms with Gasteiger partial charge in [-0.1, -0.05) is 19.1 Å². The predicted octanol–water partition coefficient (Wildman–Crippen LogP) is 2.20. The molecule has 0 saturated heterocycles. The van der Waals surface area contributed by atoms with Crippen LogP contribution in [0.3, 0.4) is 0 Å². The summed E-state index contributed by atoms with van der Waals surface area (Å²) < 4.78 is 0. The SMILES string of the molecule is C=CCN(CC=C)N(C(=O)CCNCCC)C(C)C. The quantitative estimate of drug-likeness (QED) is 0.354. The molecular formula is C15H29N3O. The Morgan fingerprint density at radius 1 is 1.21 bits per heavy atom. The highest BCUT2D eigenvalue weighted by atomic mass is 16.2. The summed E-state index contributed by atoms with van der Waals surface area (Å²) in [4.78, 5) is 12.3. The van der Waals surface area contributed by atoms with Gasteiger partial charge in [-0.3, -0.25) is 9.80 Å². The average molecular weight is 267 g/mol. The van der Waals surface area contributed by atoms with Gasteiger partial charge in [0.15, 0.2) is 0 Å². The van der Waals surface area contributed by atoms with Crippen molar-refractivity contribution in [3.05, 3.63) is 25.3 Å². The zero-order chi connectivity index (χ0) is 14.7. The fourth-order valence-corrected chi connectivity index (χ4v) is 1.93. The number of carbonyl (C=O) groups excluding carboxylic acids is 1. The molecule has 110 valence electrons. The second kappa shape index (κ2) is 10.8. The van der Waals surface area contributed by atoms with Crippen LogP contribution >= 0.6 is 0 Å². The lowest BCUT2D eigenvalue weighted by molar-refractivity contribution is -0.151. The maximum atomic E-state index is 12.3. The number of hydrogen-bond donors (Lipinski definition) is 1. The highest BCUT2D eigenvalue weighted by Gasteiger charge is 2.22. The van der Waals surface area contributed by atoms with Gasteiger partial charge in [-0.25, -0.2) is 5.01 Å². The van der Waals surface area contributed by atoms with Gasteiger partial charge in [0.1, 0.15) is 0 Å². The standard InChI is InChI=1S/C15H29N3O/c1-6-10-16-11-9-15(19)18(14(4)5)17(12-7-2)13-8-3/h7-8,14,16H,2-3,6,9-13H2,1,4-5H3. The lowest BCUT2D eigenvalue weighted by Gasteiger charge is -2.37. The number of amides is 1. The van der Waals surface area contributed by atoms with Crippen molar-refractivity contribution < 1.29 is 4.79 Å². The second-order valence-corrected chi connectivity index (χ2v) is 4.78. The highest BCUT2D eigenvalue weighted by molar-refractivity contribution is 5.76. The summed E-state index contributed by atoms with van der Waals surface area (Å²) in [6.45, 7) is 16.6. The Balaban J connectivity index is 4.53. The van der Waals surface area contributed by atoms with E-state index in [2.05, 4.69) is 25.4 Å². The Bertz CT molecular complexity index is 267. The Morgan fingerprint density at radius 3 is 2.21 bits per heavy atom. The molecule has 19 heavy (non-hydrogen) atoms. The fourth-order valence-electron chi connectivity index (χ4n) is 1.93. The minimum absolute atomic E-state index is 0.138. The Kier molecular flexibility index (Phi) is 10.1. The first-order chi connectivity index (χ1) is 9.08. The molecular weight excluding hydrogens is 238 g/mol. The van der Waals surface area contributed by atoms with Crippen LogP contribution in [-0.4, -0.2) is 48.1 Å². The van der Waals surface area contributed by atoms with E-state index in [9.17, 15) is 4.79 Å². The first kappa shape index (κ1) is 17.9. The molecule has 0 heterocycles. The van der Waals surface area contributed by atoms with Crippen LogP contribution in [-0.2, 0) is 4.79 Å². The van der Waals surface area contributed by atoms with E-state index in [0.717, 1.165) is 19.5 Å². The molecule has 1 amide bonds. The lowest BCUT2D eigenvalue weighted by atomic mass is 10.3. The lowest BCUT2D eigenvalue weighted by Crippen LogP contribution is -2.51. The normalized spacial score (nSPS) is 10.8. The summed E-state index contributed by atoms with van der Waals surface area (Å²) in [7, 11) is 0. The van der Waals surface area contributed by atoms with Crippen LogP contribution in [0.2, 0.25) is 0 Å². The number of rotatable bonds is 11. The third kappa shape index (κ3) is 7.13. The summed E-state index contributed by atoms with van der Waals surface area (Å²) in [5.41, 5.74) is 0. The molecule has 0 rings (SSSR count). The third-order valence-electron chi connectivity index (χ3n) is 2.67. The minimum atomic E-state index is 0.138. The minimum Gasteiger partial charge on any atom is -0.316 e. The predicted molar refractivity (Wildman–Crippen MR) is 81.7 cm³/mol. The number of nitrogens with zero attached hydrogens (tertiary/aromatic N) is 2. The number of nitrogens with one attached hydrogen (secondary N) is 1. The van der Waals surface area contributed by atoms with Crippen molar-refractivity contribution in [2.75, 3.05) is 26.2 Å². The fraction of sp³-hybridized carbons (Fsp3) is 0.667. The summed E-state index contributed by atoms with van der Waals surface area (Å²) in [6.07, 6.45) is 5.22. The first-order valence-electron chi connectivity index (χ1n) is 7.07. The summed E-state index contributed by atoms with van der Waals surface area (Å²) >= 11 is 0. The Labute approximate surface area is 118 Å². The molecule has 0 atom stereocenters. The highest BCUT2D eigenvalue weighted by Crippen LogP contribution is 2.07. The van der Waals surface area contributed by atoms with E-state index in [1.807, 2.05) is 36.0 Å². The molecule has 0 aliphatic rings. The third-order valence-corrected chi connectivity index (χ3v) is 2.67. The van der Waals surface area contributed by atoms with Crippen LogP contribution in [0.4, 0.5) is 0 Å². The van der Waals surface area contributed by atoms with E-state index >= 15 is 0 Å². The van der Waals surface area contributed by atoms with Crippen molar-refractivity contribution in [1.82, 2.24) is 15.3 Å². The van der Waals surface area contributed by atoms with Gasteiger partial charge in [-0.2, -0.15) is 0 Å². The zero-order valence-electron chi connectivity index (χ0n) is 12.7. The molecule has 0 unspecified atom stereocenters. The molecule has 0 aromatic rings. The molecule has 0 aliphatic carbocycles. The van der Waals surface area contributed by atoms with Crippen molar-refractivity contribution in [2.45, 2.75) is 39.7 Å².